The molecule has 0 aliphatic rings. The third-order valence-electron chi connectivity index (χ3n) is 3.43. The molecule has 0 aromatic rings. The molecule has 90 valence electrons. The first kappa shape index (κ1) is 15.1. The molecule has 15 heavy (non-hydrogen) atoms. The number of ether oxygens (including phenoxy) is 1. The van der Waals surface area contributed by atoms with Crippen molar-refractivity contribution in [3.63, 3.8) is 0 Å². The molecule has 0 unspecified atom stereocenters. The van der Waals surface area contributed by atoms with Crippen molar-refractivity contribution >= 4 is 26.8 Å². The Morgan fingerprint density at radius 2 is 1.80 bits per heavy atom. The van der Waals surface area contributed by atoms with Gasteiger partial charge < -0.3 is 0 Å². The van der Waals surface area contributed by atoms with Gasteiger partial charge in [0.2, 0.25) is 0 Å². The molecule has 0 aliphatic heterocycles. The summed E-state index contributed by atoms with van der Waals surface area (Å²) in [5.41, 5.74) is 0. The van der Waals surface area contributed by atoms with Crippen LogP contribution in [-0.4, -0.2) is 37.2 Å². The van der Waals surface area contributed by atoms with Crippen LogP contribution in [0.15, 0.2) is 12.7 Å². The molecule has 0 rings (SSSR count). The van der Waals surface area contributed by atoms with E-state index in [1.807, 2.05) is 0 Å². The van der Waals surface area contributed by atoms with E-state index >= 15 is 0 Å². The van der Waals surface area contributed by atoms with Gasteiger partial charge in [-0.25, -0.2) is 0 Å². The fourth-order valence-electron chi connectivity index (χ4n) is 1.58. The number of carbonyl (C=O) groups is 1. The fraction of sp³-hybridized carbons (Fsp3) is 0.727. The van der Waals surface area contributed by atoms with Crippen molar-refractivity contribution in [2.45, 2.75) is 20.8 Å². The normalized spacial score (nSPS) is 14.0. The second-order valence-corrected chi connectivity index (χ2v) is 15.9. The number of hydrogen-bond donors (Lipinski definition) is 0. The van der Waals surface area contributed by atoms with Crippen LogP contribution in [0.4, 0.5) is 0 Å². The Hall–Kier alpha value is 0.120. The number of hydrogen-bond acceptors (Lipinski definition) is 2. The van der Waals surface area contributed by atoms with Crippen molar-refractivity contribution in [2.24, 2.45) is 0 Å². The Bertz CT molecular complexity index is 226. The van der Waals surface area contributed by atoms with Gasteiger partial charge in [0.25, 0.3) is 0 Å². The molecule has 0 bridgehead atoms. The van der Waals surface area contributed by atoms with Crippen molar-refractivity contribution in [3.8, 4) is 0 Å². The average Bonchev–Trinajstić information content (AvgIpc) is 2.29. The first-order valence-corrected chi connectivity index (χ1v) is 10.4. The molecule has 0 aromatic heterocycles. The molecular weight excluding hydrogens is 275 g/mol. The number of rotatable bonds is 7. The van der Waals surface area contributed by atoms with Gasteiger partial charge in [0.1, 0.15) is 0 Å². The van der Waals surface area contributed by atoms with Crippen LogP contribution in [0.5, 0.6) is 0 Å². The summed E-state index contributed by atoms with van der Waals surface area (Å²) in [6.45, 7) is 10.5. The summed E-state index contributed by atoms with van der Waals surface area (Å²) >= 11 is 3.98. The Kier molecular flexibility index (Phi) is 6.05. The molecule has 0 saturated heterocycles. The van der Waals surface area contributed by atoms with Gasteiger partial charge in [-0.05, 0) is 0 Å². The van der Waals surface area contributed by atoms with E-state index in [4.69, 9.17) is 4.74 Å². The van der Waals surface area contributed by atoms with Gasteiger partial charge in [0, 0.05) is 0 Å². The molecule has 0 N–H and O–H groups in total. The quantitative estimate of drug-likeness (QED) is 0.407. The topological polar surface area (TPSA) is 26.3 Å². The molecule has 0 fully saturated rings. The molecule has 0 radical (unpaired) electrons. The molecule has 0 spiro atoms. The van der Waals surface area contributed by atoms with Gasteiger partial charge in [-0.15, -0.1) is 0 Å². The zero-order chi connectivity index (χ0) is 12.0. The molecule has 0 amide bonds. The molecule has 0 atom stereocenters. The summed E-state index contributed by atoms with van der Waals surface area (Å²) in [6, 6.07) is 0. The number of carbonyl (C=O) groups excluding carboxylic acids is 1. The van der Waals surface area contributed by atoms with Gasteiger partial charge in [-0.2, -0.15) is 0 Å². The van der Waals surface area contributed by atoms with E-state index in [1.54, 1.807) is 0 Å². The fourth-order valence-corrected chi connectivity index (χ4v) is 4.85. The van der Waals surface area contributed by atoms with E-state index in [-0.39, 0.29) is 5.97 Å². The summed E-state index contributed by atoms with van der Waals surface area (Å²) in [6.07, 6.45) is 5.65. The second kappa shape index (κ2) is 6.00. The van der Waals surface area contributed by atoms with Crippen molar-refractivity contribution in [1.29, 1.82) is 0 Å². The Labute approximate surface area is 101 Å². The van der Waals surface area contributed by atoms with Crippen molar-refractivity contribution < 1.29 is 9.53 Å². The SMILES string of the molecule is C=CC(=O)OCCP(Br)(CC)(CC)CC. The zero-order valence-electron chi connectivity index (χ0n) is 9.96. The minimum atomic E-state index is -1.77. The van der Waals surface area contributed by atoms with Gasteiger partial charge in [0.15, 0.2) is 0 Å². The van der Waals surface area contributed by atoms with Crippen LogP contribution in [0.3, 0.4) is 0 Å². The van der Waals surface area contributed by atoms with Crippen LogP contribution in [-0.2, 0) is 9.53 Å². The van der Waals surface area contributed by atoms with Gasteiger partial charge >= 0.3 is 101 Å². The van der Waals surface area contributed by atoms with Crippen molar-refractivity contribution in [1.82, 2.24) is 0 Å². The van der Waals surface area contributed by atoms with E-state index in [0.717, 1.165) is 24.6 Å². The van der Waals surface area contributed by atoms with E-state index < -0.39 is 5.31 Å². The van der Waals surface area contributed by atoms with E-state index in [1.165, 1.54) is 6.08 Å². The van der Waals surface area contributed by atoms with E-state index in [0.29, 0.717) is 6.61 Å². The minimum absolute atomic E-state index is 0.323. The maximum atomic E-state index is 10.9. The predicted octanol–water partition coefficient (Wildman–Crippen LogP) is 3.64. The number of halogens is 1. The standard InChI is InChI=1S/C11H22BrO2P/c1-5-11(13)14-9-10-15(12,6-2,7-3)8-4/h5H,1,6-10H2,2-4H3. The maximum absolute atomic E-state index is 10.9. The second-order valence-electron chi connectivity index (χ2n) is 3.86. The van der Waals surface area contributed by atoms with Crippen LogP contribution in [0.25, 0.3) is 0 Å². The molecule has 0 heterocycles. The van der Waals surface area contributed by atoms with Gasteiger partial charge in [-0.1, -0.05) is 0 Å². The van der Waals surface area contributed by atoms with Gasteiger partial charge in [-0.3, -0.25) is 0 Å². The average molecular weight is 297 g/mol. The third-order valence-corrected chi connectivity index (χ3v) is 15.1. The Morgan fingerprint density at radius 1 is 1.33 bits per heavy atom. The monoisotopic (exact) mass is 296 g/mol. The third kappa shape index (κ3) is 4.24. The molecule has 0 saturated carbocycles. The van der Waals surface area contributed by atoms with Crippen molar-refractivity contribution in [3.05, 3.63) is 12.7 Å². The van der Waals surface area contributed by atoms with Gasteiger partial charge in [0.05, 0.1) is 0 Å². The summed E-state index contributed by atoms with van der Waals surface area (Å²) in [5, 5.41) is -1.77. The van der Waals surface area contributed by atoms with Crippen LogP contribution in [0.2, 0.25) is 0 Å². The summed E-state index contributed by atoms with van der Waals surface area (Å²) < 4.78 is 5.06. The molecule has 2 nitrogen and oxygen atoms in total. The van der Waals surface area contributed by atoms with Crippen LogP contribution < -0.4 is 0 Å². The molecular formula is C11H22BrO2P. The summed E-state index contributed by atoms with van der Waals surface area (Å²) in [5.74, 6) is -0.323. The molecule has 0 aromatic carbocycles. The first-order valence-electron chi connectivity index (χ1n) is 5.45. The summed E-state index contributed by atoms with van der Waals surface area (Å²) in [7, 11) is 0. The summed E-state index contributed by atoms with van der Waals surface area (Å²) in [4.78, 5) is 10.9. The predicted molar refractivity (Wildman–Crippen MR) is 73.5 cm³/mol. The first-order chi connectivity index (χ1) is 6.93. The zero-order valence-corrected chi connectivity index (χ0v) is 12.4. The van der Waals surface area contributed by atoms with E-state index in [2.05, 4.69) is 42.8 Å². The Morgan fingerprint density at radius 3 is 2.13 bits per heavy atom. The van der Waals surface area contributed by atoms with Crippen LogP contribution in [0.1, 0.15) is 20.8 Å². The van der Waals surface area contributed by atoms with Crippen molar-refractivity contribution in [2.75, 3.05) is 31.3 Å². The van der Waals surface area contributed by atoms with Crippen LogP contribution >= 0.6 is 20.8 Å². The van der Waals surface area contributed by atoms with E-state index in [9.17, 15) is 4.79 Å². The number of esters is 1. The molecule has 4 heteroatoms. The van der Waals surface area contributed by atoms with Crippen LogP contribution in [0, 0.1) is 0 Å². The molecule has 0 aliphatic carbocycles. The Balaban J connectivity index is 4.32.